The molecule has 4 bridgehead atoms. The number of hydrogen-bond donors (Lipinski definition) is 1. The van der Waals surface area contributed by atoms with Crippen molar-refractivity contribution in [1.82, 2.24) is 10.2 Å². The van der Waals surface area contributed by atoms with Crippen molar-refractivity contribution in [3.63, 3.8) is 0 Å². The highest BCUT2D eigenvalue weighted by Crippen LogP contribution is 2.60. The summed E-state index contributed by atoms with van der Waals surface area (Å²) in [5, 5.41) is 3.16. The fourth-order valence-electron chi connectivity index (χ4n) is 7.73. The molecular weight excluding hydrogens is 376 g/mol. The van der Waals surface area contributed by atoms with E-state index in [-0.39, 0.29) is 17.2 Å². The SMILES string of the molecule is O=C(CCNC(=O)C12CC3CC(CC(C3)C1)C2)N1CCC(OC2CCCCC2)CC1. The van der Waals surface area contributed by atoms with E-state index in [1.807, 2.05) is 4.90 Å². The molecule has 2 amide bonds. The van der Waals surface area contributed by atoms with E-state index in [9.17, 15) is 9.59 Å². The fraction of sp³-hybridized carbons (Fsp3) is 0.920. The van der Waals surface area contributed by atoms with Crippen LogP contribution in [-0.4, -0.2) is 48.6 Å². The molecule has 30 heavy (non-hydrogen) atoms. The number of carbonyl (C=O) groups is 2. The Labute approximate surface area is 181 Å². The number of nitrogens with zero attached hydrogens (tertiary/aromatic N) is 1. The summed E-state index contributed by atoms with van der Waals surface area (Å²) in [5.74, 6) is 2.77. The van der Waals surface area contributed by atoms with Crippen LogP contribution in [0.3, 0.4) is 0 Å². The Kier molecular flexibility index (Phi) is 6.10. The van der Waals surface area contributed by atoms with Gasteiger partial charge >= 0.3 is 0 Å². The lowest BCUT2D eigenvalue weighted by atomic mass is 9.49. The number of carbonyl (C=O) groups excluding carboxylic acids is 2. The lowest BCUT2D eigenvalue weighted by Gasteiger charge is -2.55. The molecule has 0 aromatic rings. The lowest BCUT2D eigenvalue weighted by Crippen LogP contribution is -2.54. The highest BCUT2D eigenvalue weighted by atomic mass is 16.5. The highest BCUT2D eigenvalue weighted by Gasteiger charge is 2.54. The standard InChI is InChI=1S/C25H40N2O3/c28-23(27-10-7-22(8-11-27)30-21-4-2-1-3-5-21)6-9-26-24(29)25-15-18-12-19(16-25)14-20(13-18)17-25/h18-22H,1-17H2,(H,26,29). The number of piperidine rings is 1. The van der Waals surface area contributed by atoms with E-state index in [0.29, 0.717) is 25.2 Å². The zero-order valence-electron chi connectivity index (χ0n) is 18.6. The van der Waals surface area contributed by atoms with Crippen LogP contribution < -0.4 is 5.32 Å². The van der Waals surface area contributed by atoms with Crippen LogP contribution in [0.2, 0.25) is 0 Å². The van der Waals surface area contributed by atoms with Gasteiger partial charge in [-0.3, -0.25) is 9.59 Å². The molecule has 1 aliphatic heterocycles. The molecule has 1 saturated heterocycles. The van der Waals surface area contributed by atoms with Gasteiger partial charge in [0.1, 0.15) is 0 Å². The van der Waals surface area contributed by atoms with Gasteiger partial charge in [-0.2, -0.15) is 0 Å². The quantitative estimate of drug-likeness (QED) is 0.711. The van der Waals surface area contributed by atoms with E-state index in [0.717, 1.165) is 62.9 Å². The minimum absolute atomic E-state index is 0.105. The third kappa shape index (κ3) is 4.42. The third-order valence-electron chi connectivity index (χ3n) is 8.88. The lowest BCUT2D eigenvalue weighted by molar-refractivity contribution is -0.146. The molecule has 0 unspecified atom stereocenters. The maximum absolute atomic E-state index is 13.0. The molecule has 0 aromatic heterocycles. The van der Waals surface area contributed by atoms with Crippen LogP contribution >= 0.6 is 0 Å². The number of hydrogen-bond acceptors (Lipinski definition) is 3. The van der Waals surface area contributed by atoms with Gasteiger partial charge in [-0.25, -0.2) is 0 Å². The van der Waals surface area contributed by atoms with Gasteiger partial charge in [0, 0.05) is 31.5 Å². The molecule has 0 radical (unpaired) electrons. The Balaban J connectivity index is 1.02. The molecule has 5 saturated carbocycles. The molecule has 6 fully saturated rings. The van der Waals surface area contributed by atoms with E-state index in [2.05, 4.69) is 5.32 Å². The zero-order valence-corrected chi connectivity index (χ0v) is 18.6. The Morgan fingerprint density at radius 2 is 1.40 bits per heavy atom. The van der Waals surface area contributed by atoms with Crippen LogP contribution in [0.1, 0.15) is 89.9 Å². The number of rotatable bonds is 6. The molecule has 6 aliphatic rings. The molecule has 168 valence electrons. The van der Waals surface area contributed by atoms with Crippen molar-refractivity contribution in [1.29, 1.82) is 0 Å². The summed E-state index contributed by atoms with van der Waals surface area (Å²) in [6.07, 6.45) is 16.8. The Hall–Kier alpha value is -1.10. The average molecular weight is 417 g/mol. The molecule has 1 N–H and O–H groups in total. The molecule has 0 atom stereocenters. The van der Waals surface area contributed by atoms with E-state index in [1.54, 1.807) is 0 Å². The molecular formula is C25H40N2O3. The van der Waals surface area contributed by atoms with Gasteiger partial charge in [-0.05, 0) is 82.0 Å². The van der Waals surface area contributed by atoms with Crippen LogP contribution in [0.5, 0.6) is 0 Å². The largest absolute Gasteiger partial charge is 0.375 e. The summed E-state index contributed by atoms with van der Waals surface area (Å²) in [6, 6.07) is 0. The molecule has 5 nitrogen and oxygen atoms in total. The van der Waals surface area contributed by atoms with Gasteiger partial charge in [0.05, 0.1) is 12.2 Å². The second-order valence-electron chi connectivity index (χ2n) is 11.2. The summed E-state index contributed by atoms with van der Waals surface area (Å²) in [5.41, 5.74) is -0.105. The monoisotopic (exact) mass is 416 g/mol. The molecule has 0 aromatic carbocycles. The van der Waals surface area contributed by atoms with Gasteiger partial charge in [0.25, 0.3) is 0 Å². The smallest absolute Gasteiger partial charge is 0.226 e. The van der Waals surface area contributed by atoms with Gasteiger partial charge in [0.15, 0.2) is 0 Å². The first kappa shape index (κ1) is 20.8. The van der Waals surface area contributed by atoms with E-state index in [4.69, 9.17) is 4.74 Å². The van der Waals surface area contributed by atoms with Crippen molar-refractivity contribution < 1.29 is 14.3 Å². The highest BCUT2D eigenvalue weighted by molar-refractivity contribution is 5.84. The third-order valence-corrected chi connectivity index (χ3v) is 8.88. The van der Waals surface area contributed by atoms with Gasteiger partial charge in [0.2, 0.25) is 11.8 Å². The van der Waals surface area contributed by atoms with Crippen LogP contribution in [0.4, 0.5) is 0 Å². The summed E-state index contributed by atoms with van der Waals surface area (Å²) in [7, 11) is 0. The van der Waals surface area contributed by atoms with Crippen LogP contribution in [0, 0.1) is 23.2 Å². The normalized spacial score (nSPS) is 36.8. The van der Waals surface area contributed by atoms with Crippen molar-refractivity contribution in [2.45, 2.75) is 102 Å². The summed E-state index contributed by atoms with van der Waals surface area (Å²) >= 11 is 0. The minimum atomic E-state index is -0.105. The predicted octanol–water partition coefficient (Wildman–Crippen LogP) is 4.05. The van der Waals surface area contributed by atoms with E-state index in [1.165, 1.54) is 51.4 Å². The molecule has 1 heterocycles. The first-order valence-corrected chi connectivity index (χ1v) is 12.8. The maximum atomic E-state index is 13.0. The van der Waals surface area contributed by atoms with E-state index >= 15 is 0 Å². The number of likely N-dealkylation sites (tertiary alicyclic amines) is 1. The maximum Gasteiger partial charge on any atom is 0.226 e. The van der Waals surface area contributed by atoms with Crippen LogP contribution in [0.25, 0.3) is 0 Å². The minimum Gasteiger partial charge on any atom is -0.375 e. The Morgan fingerprint density at radius 1 is 0.833 bits per heavy atom. The van der Waals surface area contributed by atoms with Crippen molar-refractivity contribution in [2.24, 2.45) is 23.2 Å². The second-order valence-corrected chi connectivity index (χ2v) is 11.2. The summed E-state index contributed by atoms with van der Waals surface area (Å²) in [6.45, 7) is 2.11. The molecule has 6 rings (SSSR count). The van der Waals surface area contributed by atoms with Gasteiger partial charge in [-0.15, -0.1) is 0 Å². The van der Waals surface area contributed by atoms with Crippen LogP contribution in [-0.2, 0) is 14.3 Å². The second kappa shape index (κ2) is 8.80. The van der Waals surface area contributed by atoms with Crippen molar-refractivity contribution in [2.75, 3.05) is 19.6 Å². The summed E-state index contributed by atoms with van der Waals surface area (Å²) in [4.78, 5) is 27.7. The first-order valence-electron chi connectivity index (χ1n) is 12.8. The molecule has 0 spiro atoms. The number of ether oxygens (including phenoxy) is 1. The first-order chi connectivity index (χ1) is 14.6. The average Bonchev–Trinajstić information content (AvgIpc) is 2.74. The van der Waals surface area contributed by atoms with E-state index < -0.39 is 0 Å². The van der Waals surface area contributed by atoms with Crippen molar-refractivity contribution >= 4 is 11.8 Å². The number of amides is 2. The Bertz CT molecular complexity index is 599. The predicted molar refractivity (Wildman–Crippen MR) is 116 cm³/mol. The topological polar surface area (TPSA) is 58.6 Å². The van der Waals surface area contributed by atoms with Crippen molar-refractivity contribution in [3.8, 4) is 0 Å². The molecule has 5 aliphatic carbocycles. The van der Waals surface area contributed by atoms with Crippen LogP contribution in [0.15, 0.2) is 0 Å². The summed E-state index contributed by atoms with van der Waals surface area (Å²) < 4.78 is 6.29. The number of nitrogens with one attached hydrogen (secondary N) is 1. The fourth-order valence-corrected chi connectivity index (χ4v) is 7.73. The zero-order chi connectivity index (χ0) is 20.6. The van der Waals surface area contributed by atoms with Gasteiger partial charge in [-0.1, -0.05) is 19.3 Å². The Morgan fingerprint density at radius 3 is 2.00 bits per heavy atom. The van der Waals surface area contributed by atoms with Gasteiger partial charge < -0.3 is 15.0 Å². The molecule has 5 heteroatoms. The van der Waals surface area contributed by atoms with Crippen molar-refractivity contribution in [3.05, 3.63) is 0 Å².